The molecule has 2 amide bonds. The summed E-state index contributed by atoms with van der Waals surface area (Å²) in [5.74, 6) is 0.412. The molecule has 7 nitrogen and oxygen atoms in total. The molecular formula is C28H36N2O5S. The minimum Gasteiger partial charge on any atom is -0.495 e. The summed E-state index contributed by atoms with van der Waals surface area (Å²) in [6, 6.07) is 16.0. The molecule has 0 radical (unpaired) electrons. The predicted molar refractivity (Wildman–Crippen MR) is 143 cm³/mol. The molecule has 3 rings (SSSR count). The molecule has 0 spiro atoms. The van der Waals surface area contributed by atoms with Crippen molar-refractivity contribution in [3.05, 3.63) is 60.2 Å². The van der Waals surface area contributed by atoms with Crippen molar-refractivity contribution < 1.29 is 23.9 Å². The largest absolute Gasteiger partial charge is 0.495 e. The zero-order chi connectivity index (χ0) is 26.0. The van der Waals surface area contributed by atoms with Crippen LogP contribution in [-0.4, -0.2) is 48.5 Å². The lowest BCUT2D eigenvalue weighted by Gasteiger charge is -2.39. The van der Waals surface area contributed by atoms with Gasteiger partial charge in [0.2, 0.25) is 11.8 Å². The van der Waals surface area contributed by atoms with Crippen LogP contribution in [0, 0.1) is 5.41 Å². The highest BCUT2D eigenvalue weighted by atomic mass is 32.2. The molecule has 1 fully saturated rings. The van der Waals surface area contributed by atoms with Crippen molar-refractivity contribution in [2.75, 3.05) is 24.8 Å². The number of carbonyl (C=O) groups is 3. The van der Waals surface area contributed by atoms with Crippen LogP contribution in [-0.2, 0) is 25.5 Å². The zero-order valence-corrected chi connectivity index (χ0v) is 22.1. The van der Waals surface area contributed by atoms with Gasteiger partial charge in [-0.25, -0.2) is 0 Å². The van der Waals surface area contributed by atoms with Gasteiger partial charge in [0, 0.05) is 25.7 Å². The second-order valence-corrected chi connectivity index (χ2v) is 10.3. The predicted octanol–water partition coefficient (Wildman–Crippen LogP) is 4.61. The van der Waals surface area contributed by atoms with E-state index in [1.165, 1.54) is 18.7 Å². The third-order valence-corrected chi connectivity index (χ3v) is 7.70. The Kier molecular flexibility index (Phi) is 10.4. The van der Waals surface area contributed by atoms with E-state index in [-0.39, 0.29) is 23.0 Å². The van der Waals surface area contributed by atoms with Crippen LogP contribution in [0.3, 0.4) is 0 Å². The van der Waals surface area contributed by atoms with E-state index in [0.29, 0.717) is 43.1 Å². The first kappa shape index (κ1) is 27.7. The van der Waals surface area contributed by atoms with Gasteiger partial charge in [-0.2, -0.15) is 0 Å². The topological polar surface area (TPSA) is 93.7 Å². The number of amides is 2. The minimum absolute atomic E-state index is 0.0242. The van der Waals surface area contributed by atoms with Crippen LogP contribution in [0.4, 0.5) is 5.69 Å². The van der Waals surface area contributed by atoms with Gasteiger partial charge in [-0.3, -0.25) is 14.4 Å². The molecule has 1 aliphatic carbocycles. The molecule has 36 heavy (non-hydrogen) atoms. The Balaban J connectivity index is 1.82. The lowest BCUT2D eigenvalue weighted by atomic mass is 9.73. The lowest BCUT2D eigenvalue weighted by Crippen LogP contribution is -2.53. The van der Waals surface area contributed by atoms with Crippen LogP contribution in [0.15, 0.2) is 54.6 Å². The second-order valence-electron chi connectivity index (χ2n) is 9.12. The molecule has 8 heteroatoms. The quantitative estimate of drug-likeness (QED) is 0.457. The monoisotopic (exact) mass is 512 g/mol. The van der Waals surface area contributed by atoms with Crippen molar-refractivity contribution in [1.82, 2.24) is 5.32 Å². The van der Waals surface area contributed by atoms with E-state index in [0.717, 1.165) is 18.4 Å². The number of para-hydroxylation sites is 2. The van der Waals surface area contributed by atoms with Crippen molar-refractivity contribution in [2.45, 2.75) is 58.1 Å². The number of hydrogen-bond acceptors (Lipinski definition) is 6. The molecule has 0 unspecified atom stereocenters. The summed E-state index contributed by atoms with van der Waals surface area (Å²) >= 11 is 1.17. The highest BCUT2D eigenvalue weighted by Gasteiger charge is 2.43. The van der Waals surface area contributed by atoms with Crippen molar-refractivity contribution in [3.8, 4) is 5.75 Å². The van der Waals surface area contributed by atoms with Gasteiger partial charge in [0.15, 0.2) is 5.12 Å². The number of ether oxygens (including phenoxy) is 2. The maximum Gasteiger partial charge on any atom is 0.247 e. The van der Waals surface area contributed by atoms with Crippen molar-refractivity contribution in [2.24, 2.45) is 5.41 Å². The standard InChI is InChI=1S/C28H36N2O5S/c1-4-35-22-14-16-28(17-15-22,19-36-20(2)31)27(33)30-24(18-21-10-6-5-7-11-21)26(32)29-23-12-8-9-13-25(23)34-3/h5-13,22,24H,4,14-19H2,1-3H3,(H,29,32)(H,30,33)/t22?,24-,28?/m0/s1. The number of benzene rings is 2. The summed E-state index contributed by atoms with van der Waals surface area (Å²) in [7, 11) is 1.54. The Hall–Kier alpha value is -2.84. The number of anilines is 1. The summed E-state index contributed by atoms with van der Waals surface area (Å²) < 4.78 is 11.2. The SMILES string of the molecule is CCOC1CCC(CSC(C)=O)(C(=O)N[C@@H](Cc2ccccc2)C(=O)Nc2ccccc2OC)CC1. The molecule has 1 atom stereocenters. The van der Waals surface area contributed by atoms with E-state index in [4.69, 9.17) is 9.47 Å². The molecule has 0 heterocycles. The molecular weight excluding hydrogens is 476 g/mol. The second kappa shape index (κ2) is 13.5. The Bertz CT molecular complexity index is 1020. The van der Waals surface area contributed by atoms with Gasteiger partial charge in [-0.15, -0.1) is 0 Å². The highest BCUT2D eigenvalue weighted by Crippen LogP contribution is 2.40. The zero-order valence-electron chi connectivity index (χ0n) is 21.3. The normalized spacial score (nSPS) is 20.2. The Morgan fingerprint density at radius 1 is 1.06 bits per heavy atom. The number of methoxy groups -OCH3 is 1. The molecule has 2 N–H and O–H groups in total. The van der Waals surface area contributed by atoms with Gasteiger partial charge < -0.3 is 20.1 Å². The maximum absolute atomic E-state index is 13.8. The number of hydrogen-bond donors (Lipinski definition) is 2. The first-order valence-corrected chi connectivity index (χ1v) is 13.4. The highest BCUT2D eigenvalue weighted by molar-refractivity contribution is 8.13. The molecule has 1 saturated carbocycles. The van der Waals surface area contributed by atoms with Crippen LogP contribution in [0.5, 0.6) is 5.75 Å². The number of rotatable bonds is 11. The van der Waals surface area contributed by atoms with Gasteiger partial charge in [0.25, 0.3) is 0 Å². The molecule has 194 valence electrons. The fourth-order valence-corrected chi connectivity index (χ4v) is 5.46. The van der Waals surface area contributed by atoms with Crippen molar-refractivity contribution >= 4 is 34.4 Å². The average molecular weight is 513 g/mol. The molecule has 2 aromatic carbocycles. The average Bonchev–Trinajstić information content (AvgIpc) is 2.89. The van der Waals surface area contributed by atoms with E-state index in [2.05, 4.69) is 10.6 Å². The number of thioether (sulfide) groups is 1. The summed E-state index contributed by atoms with van der Waals surface area (Å²) in [5.41, 5.74) is 0.741. The lowest BCUT2D eigenvalue weighted by molar-refractivity contribution is -0.136. The van der Waals surface area contributed by atoms with Gasteiger partial charge >= 0.3 is 0 Å². The Labute approximate surface area is 217 Å². The molecule has 0 aromatic heterocycles. The van der Waals surface area contributed by atoms with E-state index >= 15 is 0 Å². The summed E-state index contributed by atoms with van der Waals surface area (Å²) in [6.45, 7) is 4.12. The maximum atomic E-state index is 13.8. The molecule has 0 bridgehead atoms. The Morgan fingerprint density at radius 2 is 1.72 bits per heavy atom. The first-order chi connectivity index (χ1) is 17.4. The van der Waals surface area contributed by atoms with E-state index in [1.54, 1.807) is 19.2 Å². The molecule has 0 saturated heterocycles. The minimum atomic E-state index is -0.798. The van der Waals surface area contributed by atoms with Gasteiger partial charge in [-0.05, 0) is 50.3 Å². The van der Waals surface area contributed by atoms with Crippen molar-refractivity contribution in [3.63, 3.8) is 0 Å². The van der Waals surface area contributed by atoms with Gasteiger partial charge in [-0.1, -0.05) is 54.2 Å². The smallest absolute Gasteiger partial charge is 0.247 e. The van der Waals surface area contributed by atoms with E-state index < -0.39 is 11.5 Å². The van der Waals surface area contributed by atoms with Crippen LogP contribution < -0.4 is 15.4 Å². The van der Waals surface area contributed by atoms with Crippen LogP contribution in [0.25, 0.3) is 0 Å². The van der Waals surface area contributed by atoms with E-state index in [9.17, 15) is 14.4 Å². The van der Waals surface area contributed by atoms with Crippen LogP contribution >= 0.6 is 11.8 Å². The van der Waals surface area contributed by atoms with Crippen LogP contribution in [0.2, 0.25) is 0 Å². The molecule has 1 aliphatic rings. The molecule has 2 aromatic rings. The van der Waals surface area contributed by atoms with E-state index in [1.807, 2.05) is 49.4 Å². The van der Waals surface area contributed by atoms with Gasteiger partial charge in [0.05, 0.1) is 24.3 Å². The van der Waals surface area contributed by atoms with Crippen LogP contribution in [0.1, 0.15) is 45.1 Å². The number of nitrogens with one attached hydrogen (secondary N) is 2. The third kappa shape index (κ3) is 7.58. The first-order valence-electron chi connectivity index (χ1n) is 12.4. The van der Waals surface area contributed by atoms with Gasteiger partial charge in [0.1, 0.15) is 11.8 Å². The third-order valence-electron chi connectivity index (χ3n) is 6.59. The molecule has 0 aliphatic heterocycles. The summed E-state index contributed by atoms with van der Waals surface area (Å²) in [4.78, 5) is 39.0. The van der Waals surface area contributed by atoms with Crippen molar-refractivity contribution in [1.29, 1.82) is 0 Å². The Morgan fingerprint density at radius 3 is 2.36 bits per heavy atom. The number of carbonyl (C=O) groups excluding carboxylic acids is 3. The fraction of sp³-hybridized carbons (Fsp3) is 0.464. The summed E-state index contributed by atoms with van der Waals surface area (Å²) in [6.07, 6.45) is 3.16. The fourth-order valence-electron chi connectivity index (χ4n) is 4.56. The summed E-state index contributed by atoms with van der Waals surface area (Å²) in [5, 5.41) is 5.94.